The van der Waals surface area contributed by atoms with E-state index in [1.165, 1.54) is 42.2 Å². The largest absolute Gasteiger partial charge is 0.358 e. The third-order valence-corrected chi connectivity index (χ3v) is 11.1. The van der Waals surface area contributed by atoms with Crippen LogP contribution in [0.2, 0.25) is 0 Å². The van der Waals surface area contributed by atoms with Gasteiger partial charge in [-0.2, -0.15) is 0 Å². The van der Waals surface area contributed by atoms with Crippen molar-refractivity contribution in [3.63, 3.8) is 0 Å². The van der Waals surface area contributed by atoms with E-state index >= 15 is 0 Å². The molecule has 1 aromatic heterocycles. The molecule has 2 unspecified atom stereocenters. The second-order valence-corrected chi connectivity index (χ2v) is 12.3. The summed E-state index contributed by atoms with van der Waals surface area (Å²) in [6, 6.07) is 28.1. The van der Waals surface area contributed by atoms with Crippen molar-refractivity contribution < 1.29 is 4.74 Å². The van der Waals surface area contributed by atoms with Gasteiger partial charge in [0.2, 0.25) is 0 Å². The summed E-state index contributed by atoms with van der Waals surface area (Å²) in [6.07, 6.45) is 0. The standard InChI is InChI=1S/C28H21NOS3/c1-3-30-28-23(19-14-8-10-16-21(19)33-28)25-24(29-26(31-25)17-11-5-4-6-12-17)22-18-13-7-9-15-20(18)32-27(22,28)2/h4-16H,3H2,1-2H3. The molecule has 0 spiro atoms. The van der Waals surface area contributed by atoms with Crippen molar-refractivity contribution in [3.05, 3.63) is 99.9 Å². The first-order valence-corrected chi connectivity index (χ1v) is 13.6. The van der Waals surface area contributed by atoms with Crippen molar-refractivity contribution in [2.45, 2.75) is 33.3 Å². The Morgan fingerprint density at radius 1 is 0.788 bits per heavy atom. The van der Waals surface area contributed by atoms with Crippen LogP contribution in [0.25, 0.3) is 21.7 Å². The summed E-state index contributed by atoms with van der Waals surface area (Å²) in [5.74, 6) is 0. The zero-order valence-electron chi connectivity index (χ0n) is 18.3. The number of benzene rings is 3. The molecule has 0 bridgehead atoms. The Morgan fingerprint density at radius 3 is 2.15 bits per heavy atom. The van der Waals surface area contributed by atoms with Gasteiger partial charge in [0, 0.05) is 33.1 Å². The van der Waals surface area contributed by atoms with Crippen LogP contribution in [0.15, 0.2) is 88.7 Å². The molecule has 1 aliphatic carbocycles. The maximum atomic E-state index is 6.86. The third-order valence-electron chi connectivity index (χ3n) is 6.77. The van der Waals surface area contributed by atoms with Crippen molar-refractivity contribution in [2.75, 3.05) is 6.61 Å². The molecular weight excluding hydrogens is 463 g/mol. The second kappa shape index (κ2) is 7.09. The van der Waals surface area contributed by atoms with E-state index in [2.05, 4.69) is 92.7 Å². The molecule has 3 heterocycles. The molecule has 33 heavy (non-hydrogen) atoms. The van der Waals surface area contributed by atoms with Crippen LogP contribution in [-0.4, -0.2) is 21.3 Å². The van der Waals surface area contributed by atoms with Gasteiger partial charge in [-0.3, -0.25) is 0 Å². The predicted octanol–water partition coefficient (Wildman–Crippen LogP) is 5.92. The van der Waals surface area contributed by atoms with Crippen LogP contribution in [0.3, 0.4) is 0 Å². The fourth-order valence-electron chi connectivity index (χ4n) is 5.43. The molecule has 162 valence electrons. The SMILES string of the molecule is CCOC12Sc3ccccc3C1=c1sc(-c3ccccc3)nc1=C1c3ccccc3SC12C. The molecule has 3 aliphatic rings. The highest BCUT2D eigenvalue weighted by Crippen LogP contribution is 2.68. The monoisotopic (exact) mass is 483 g/mol. The average Bonchev–Trinajstić information content (AvgIpc) is 3.49. The number of nitrogens with zero attached hydrogens (tertiary/aromatic N) is 1. The van der Waals surface area contributed by atoms with Crippen molar-refractivity contribution in [2.24, 2.45) is 0 Å². The molecule has 0 radical (unpaired) electrons. The smallest absolute Gasteiger partial charge is 0.164 e. The summed E-state index contributed by atoms with van der Waals surface area (Å²) in [6.45, 7) is 5.14. The van der Waals surface area contributed by atoms with Crippen LogP contribution in [0.5, 0.6) is 0 Å². The molecule has 0 saturated heterocycles. The van der Waals surface area contributed by atoms with Crippen LogP contribution in [0, 0.1) is 0 Å². The number of rotatable bonds is 3. The van der Waals surface area contributed by atoms with Gasteiger partial charge in [0.25, 0.3) is 0 Å². The highest BCUT2D eigenvalue weighted by Gasteiger charge is 2.64. The minimum absolute atomic E-state index is 0.291. The number of thioether (sulfide) groups is 2. The Morgan fingerprint density at radius 2 is 1.42 bits per heavy atom. The number of thiazole rings is 1. The summed E-state index contributed by atoms with van der Waals surface area (Å²) in [7, 11) is 0. The van der Waals surface area contributed by atoms with Crippen LogP contribution in [0.4, 0.5) is 0 Å². The Bertz CT molecular complexity index is 1560. The zero-order chi connectivity index (χ0) is 22.2. The first kappa shape index (κ1) is 20.1. The average molecular weight is 484 g/mol. The van der Waals surface area contributed by atoms with Crippen molar-refractivity contribution in [3.8, 4) is 10.6 Å². The van der Waals surface area contributed by atoms with Gasteiger partial charge < -0.3 is 4.74 Å². The zero-order valence-corrected chi connectivity index (χ0v) is 20.7. The molecule has 2 atom stereocenters. The summed E-state index contributed by atoms with van der Waals surface area (Å²) in [5, 5.41) is 2.19. The van der Waals surface area contributed by atoms with Crippen molar-refractivity contribution >= 4 is 46.0 Å². The van der Waals surface area contributed by atoms with E-state index in [-0.39, 0.29) is 4.75 Å². The van der Waals surface area contributed by atoms with E-state index in [0.717, 1.165) is 10.4 Å². The molecule has 7 rings (SSSR count). The van der Waals surface area contributed by atoms with E-state index in [1.54, 1.807) is 11.3 Å². The minimum Gasteiger partial charge on any atom is -0.358 e. The third kappa shape index (κ3) is 2.54. The van der Waals surface area contributed by atoms with Gasteiger partial charge in [-0.1, -0.05) is 78.5 Å². The molecule has 3 aromatic carbocycles. The molecule has 5 heteroatoms. The number of fused-ring (bicyclic) bond motifs is 8. The van der Waals surface area contributed by atoms with Crippen molar-refractivity contribution in [1.82, 2.24) is 4.98 Å². The normalized spacial score (nSPS) is 24.2. The molecule has 2 aliphatic heterocycles. The van der Waals surface area contributed by atoms with Gasteiger partial charge in [0.05, 0.1) is 14.6 Å². The molecule has 4 aromatic rings. The Kier molecular flexibility index (Phi) is 4.32. The van der Waals surface area contributed by atoms with Crippen LogP contribution >= 0.6 is 34.9 Å². The maximum absolute atomic E-state index is 6.86. The van der Waals surface area contributed by atoms with Crippen LogP contribution < -0.4 is 9.88 Å². The van der Waals surface area contributed by atoms with E-state index in [9.17, 15) is 0 Å². The van der Waals surface area contributed by atoms with Gasteiger partial charge in [-0.25, -0.2) is 4.98 Å². The van der Waals surface area contributed by atoms with Crippen LogP contribution in [0.1, 0.15) is 25.0 Å². The minimum atomic E-state index is -0.502. The summed E-state index contributed by atoms with van der Waals surface area (Å²) in [4.78, 5) is 7.42. The lowest BCUT2D eigenvalue weighted by atomic mass is 9.80. The fourth-order valence-corrected chi connectivity index (χ4v) is 9.93. The molecule has 0 amide bonds. The summed E-state index contributed by atoms with van der Waals surface area (Å²) >= 11 is 5.63. The molecule has 2 nitrogen and oxygen atoms in total. The number of hydrogen-bond donors (Lipinski definition) is 0. The number of ether oxygens (including phenoxy) is 1. The highest BCUT2D eigenvalue weighted by molar-refractivity contribution is 8.06. The van der Waals surface area contributed by atoms with Gasteiger partial charge >= 0.3 is 0 Å². The predicted molar refractivity (Wildman–Crippen MR) is 139 cm³/mol. The molecular formula is C28H21NOS3. The Hall–Kier alpha value is -2.31. The molecule has 0 saturated carbocycles. The van der Waals surface area contributed by atoms with Gasteiger partial charge in [-0.15, -0.1) is 23.1 Å². The number of hydrogen-bond acceptors (Lipinski definition) is 5. The van der Waals surface area contributed by atoms with Crippen LogP contribution in [-0.2, 0) is 4.74 Å². The lowest BCUT2D eigenvalue weighted by molar-refractivity contribution is 0.0657. The first-order valence-electron chi connectivity index (χ1n) is 11.2. The Balaban J connectivity index is 1.69. The second-order valence-electron chi connectivity index (χ2n) is 8.59. The fraction of sp³-hybridized carbons (Fsp3) is 0.179. The summed E-state index contributed by atoms with van der Waals surface area (Å²) in [5.41, 5.74) is 6.36. The topological polar surface area (TPSA) is 22.1 Å². The van der Waals surface area contributed by atoms with Gasteiger partial charge in [0.1, 0.15) is 5.01 Å². The number of aromatic nitrogens is 1. The van der Waals surface area contributed by atoms with E-state index < -0.39 is 4.93 Å². The van der Waals surface area contributed by atoms with E-state index in [0.29, 0.717) is 6.61 Å². The highest BCUT2D eigenvalue weighted by atomic mass is 32.2. The van der Waals surface area contributed by atoms with E-state index in [4.69, 9.17) is 9.72 Å². The van der Waals surface area contributed by atoms with E-state index in [1.807, 2.05) is 23.5 Å². The molecule has 0 N–H and O–H groups in total. The lowest BCUT2D eigenvalue weighted by Gasteiger charge is -2.45. The maximum Gasteiger partial charge on any atom is 0.164 e. The lowest BCUT2D eigenvalue weighted by Crippen LogP contribution is -2.56. The quantitative estimate of drug-likeness (QED) is 0.360. The van der Waals surface area contributed by atoms with Gasteiger partial charge in [0.15, 0.2) is 4.93 Å². The first-order chi connectivity index (χ1) is 16.2. The van der Waals surface area contributed by atoms with Gasteiger partial charge in [-0.05, 0) is 37.1 Å². The molecule has 0 fully saturated rings. The van der Waals surface area contributed by atoms with Crippen molar-refractivity contribution in [1.29, 1.82) is 0 Å². The summed E-state index contributed by atoms with van der Waals surface area (Å²) < 4.78 is 7.82. The Labute approximate surface area is 205 Å².